The van der Waals surface area contributed by atoms with Crippen molar-refractivity contribution in [1.29, 1.82) is 0 Å². The Hall–Kier alpha value is -1.91. The van der Waals surface area contributed by atoms with Crippen molar-refractivity contribution < 1.29 is 0 Å². The lowest BCUT2D eigenvalue weighted by Crippen LogP contribution is -2.15. The van der Waals surface area contributed by atoms with E-state index in [2.05, 4.69) is 15.3 Å². The molecule has 0 aliphatic rings. The molecule has 0 saturated heterocycles. The smallest absolute Gasteiger partial charge is 0.272 e. The molecule has 5 heteroatoms. The van der Waals surface area contributed by atoms with Gasteiger partial charge in [0.1, 0.15) is 0 Å². The first kappa shape index (κ1) is 9.64. The zero-order chi connectivity index (χ0) is 10.8. The van der Waals surface area contributed by atoms with Gasteiger partial charge in [0, 0.05) is 18.0 Å². The molecular weight excluding hydrogens is 192 g/mol. The van der Waals surface area contributed by atoms with Gasteiger partial charge in [0.2, 0.25) is 0 Å². The lowest BCUT2D eigenvalue weighted by Gasteiger charge is -2.01. The summed E-state index contributed by atoms with van der Waals surface area (Å²) in [6.07, 6.45) is 1.57. The summed E-state index contributed by atoms with van der Waals surface area (Å²) in [5, 5.41) is 10.6. The fraction of sp³-hybridized carbons (Fsp3) is 0.300. The van der Waals surface area contributed by atoms with E-state index in [0.29, 0.717) is 5.82 Å². The van der Waals surface area contributed by atoms with E-state index >= 15 is 0 Å². The molecule has 0 unspecified atom stereocenters. The molecule has 0 saturated carbocycles. The normalized spacial score (nSPS) is 10.9. The maximum atomic E-state index is 11.6. The van der Waals surface area contributed by atoms with Gasteiger partial charge in [-0.3, -0.25) is 9.89 Å². The second-order valence-corrected chi connectivity index (χ2v) is 3.62. The summed E-state index contributed by atoms with van der Waals surface area (Å²) in [5.74, 6) is 0.796. The molecular formula is C10H12N4O. The highest BCUT2D eigenvalue weighted by Crippen LogP contribution is 2.09. The van der Waals surface area contributed by atoms with E-state index in [1.54, 1.807) is 24.4 Å². The number of nitrogens with zero attached hydrogens (tertiary/aromatic N) is 3. The maximum Gasteiger partial charge on any atom is 0.272 e. The average Bonchev–Trinajstić information content (AvgIpc) is 2.62. The summed E-state index contributed by atoms with van der Waals surface area (Å²) < 4.78 is 1.39. The fourth-order valence-corrected chi connectivity index (χ4v) is 1.29. The number of hydrogen-bond donors (Lipinski definition) is 1. The van der Waals surface area contributed by atoms with Gasteiger partial charge in [0.05, 0.1) is 0 Å². The molecule has 5 nitrogen and oxygen atoms in total. The predicted octanol–water partition coefficient (Wildman–Crippen LogP) is 1.08. The van der Waals surface area contributed by atoms with Gasteiger partial charge in [-0.05, 0) is 18.1 Å². The largest absolute Gasteiger partial charge is 0.293 e. The van der Waals surface area contributed by atoms with Crippen LogP contribution >= 0.6 is 0 Å². The summed E-state index contributed by atoms with van der Waals surface area (Å²) in [7, 11) is 0. The van der Waals surface area contributed by atoms with Gasteiger partial charge in [0.15, 0.2) is 5.82 Å². The van der Waals surface area contributed by atoms with Crippen LogP contribution in [0.5, 0.6) is 0 Å². The number of nitrogens with one attached hydrogen (secondary N) is 1. The van der Waals surface area contributed by atoms with E-state index in [1.165, 1.54) is 4.68 Å². The van der Waals surface area contributed by atoms with Gasteiger partial charge >= 0.3 is 0 Å². The molecule has 2 rings (SSSR count). The molecule has 2 aromatic heterocycles. The van der Waals surface area contributed by atoms with Gasteiger partial charge in [-0.1, -0.05) is 13.8 Å². The van der Waals surface area contributed by atoms with Crippen LogP contribution in [0.15, 0.2) is 29.2 Å². The van der Waals surface area contributed by atoms with Crippen LogP contribution in [0.25, 0.3) is 5.82 Å². The number of aromatic amines is 1. The molecule has 0 bridgehead atoms. The monoisotopic (exact) mass is 204 g/mol. The van der Waals surface area contributed by atoms with E-state index in [1.807, 2.05) is 13.8 Å². The third kappa shape index (κ3) is 1.81. The highest BCUT2D eigenvalue weighted by molar-refractivity contribution is 5.19. The zero-order valence-corrected chi connectivity index (χ0v) is 8.64. The Morgan fingerprint density at radius 1 is 1.47 bits per heavy atom. The van der Waals surface area contributed by atoms with Gasteiger partial charge in [-0.15, -0.1) is 5.10 Å². The number of hydrogen-bond acceptors (Lipinski definition) is 3. The van der Waals surface area contributed by atoms with Crippen LogP contribution in [0.3, 0.4) is 0 Å². The van der Waals surface area contributed by atoms with Gasteiger partial charge in [-0.25, -0.2) is 0 Å². The Labute approximate surface area is 86.8 Å². The summed E-state index contributed by atoms with van der Waals surface area (Å²) in [6.45, 7) is 4.04. The lowest BCUT2D eigenvalue weighted by molar-refractivity contribution is 0.737. The topological polar surface area (TPSA) is 63.6 Å². The second-order valence-electron chi connectivity index (χ2n) is 3.62. The maximum absolute atomic E-state index is 11.6. The first-order valence-electron chi connectivity index (χ1n) is 4.78. The van der Waals surface area contributed by atoms with Crippen LogP contribution in [0.4, 0.5) is 0 Å². The summed E-state index contributed by atoms with van der Waals surface area (Å²) >= 11 is 0. The molecule has 1 N–H and O–H groups in total. The quantitative estimate of drug-likeness (QED) is 0.796. The van der Waals surface area contributed by atoms with Crippen molar-refractivity contribution in [2.75, 3.05) is 0 Å². The molecule has 15 heavy (non-hydrogen) atoms. The molecule has 0 aromatic carbocycles. The third-order valence-electron chi connectivity index (χ3n) is 2.15. The minimum atomic E-state index is -0.112. The molecule has 0 atom stereocenters. The van der Waals surface area contributed by atoms with Gasteiger partial charge < -0.3 is 0 Å². The van der Waals surface area contributed by atoms with Crippen molar-refractivity contribution in [2.45, 2.75) is 19.8 Å². The van der Waals surface area contributed by atoms with Gasteiger partial charge in [0.25, 0.3) is 5.56 Å². The number of H-pyrrole nitrogens is 1. The van der Waals surface area contributed by atoms with Crippen LogP contribution in [-0.2, 0) is 0 Å². The second kappa shape index (κ2) is 3.68. The van der Waals surface area contributed by atoms with Crippen molar-refractivity contribution in [2.24, 2.45) is 0 Å². The molecule has 0 aliphatic heterocycles. The first-order valence-corrected chi connectivity index (χ1v) is 4.78. The molecule has 0 radical (unpaired) electrons. The summed E-state index contributed by atoms with van der Waals surface area (Å²) in [4.78, 5) is 11.6. The molecule has 0 fully saturated rings. The highest BCUT2D eigenvalue weighted by atomic mass is 16.1. The Bertz CT molecular complexity index is 498. The van der Waals surface area contributed by atoms with Crippen LogP contribution in [0, 0.1) is 0 Å². The van der Waals surface area contributed by atoms with E-state index < -0.39 is 0 Å². The van der Waals surface area contributed by atoms with E-state index in [4.69, 9.17) is 0 Å². The van der Waals surface area contributed by atoms with Crippen molar-refractivity contribution in [3.8, 4) is 5.82 Å². The van der Waals surface area contributed by atoms with Crippen LogP contribution in [-0.4, -0.2) is 20.0 Å². The fourth-order valence-electron chi connectivity index (χ4n) is 1.29. The average molecular weight is 204 g/mol. The lowest BCUT2D eigenvalue weighted by atomic mass is 10.1. The molecule has 2 heterocycles. The number of rotatable bonds is 2. The summed E-state index contributed by atoms with van der Waals surface area (Å²) in [5.41, 5.74) is 0.782. The van der Waals surface area contributed by atoms with Crippen molar-refractivity contribution >= 4 is 0 Å². The standard InChI is InChI=1S/C10H12N4O/c1-7(2)8-6-10(15)14(13-8)9-4-3-5-11-12-9/h3-7,13H,1-2H3. The minimum Gasteiger partial charge on any atom is -0.293 e. The van der Waals surface area contributed by atoms with Crippen LogP contribution in [0.1, 0.15) is 25.5 Å². The SMILES string of the molecule is CC(C)c1cc(=O)n(-c2cccnn2)[nH]1. The van der Waals surface area contributed by atoms with E-state index in [0.717, 1.165) is 5.69 Å². The van der Waals surface area contributed by atoms with Crippen LogP contribution in [0.2, 0.25) is 0 Å². The predicted molar refractivity (Wildman–Crippen MR) is 56.1 cm³/mol. The Balaban J connectivity index is 2.50. The van der Waals surface area contributed by atoms with Crippen molar-refractivity contribution in [3.63, 3.8) is 0 Å². The highest BCUT2D eigenvalue weighted by Gasteiger charge is 2.08. The summed E-state index contributed by atoms with van der Waals surface area (Å²) in [6, 6.07) is 5.05. The molecule has 2 aromatic rings. The molecule has 0 amide bonds. The Morgan fingerprint density at radius 2 is 2.27 bits per heavy atom. The first-order chi connectivity index (χ1) is 7.18. The minimum absolute atomic E-state index is 0.112. The third-order valence-corrected chi connectivity index (χ3v) is 2.15. The van der Waals surface area contributed by atoms with Crippen molar-refractivity contribution in [3.05, 3.63) is 40.4 Å². The number of aromatic nitrogens is 4. The van der Waals surface area contributed by atoms with Crippen molar-refractivity contribution in [1.82, 2.24) is 20.0 Å². The molecule has 78 valence electrons. The Morgan fingerprint density at radius 3 is 2.80 bits per heavy atom. The van der Waals surface area contributed by atoms with E-state index in [9.17, 15) is 4.79 Å². The van der Waals surface area contributed by atoms with E-state index in [-0.39, 0.29) is 11.5 Å². The Kier molecular flexibility index (Phi) is 2.37. The molecule has 0 spiro atoms. The zero-order valence-electron chi connectivity index (χ0n) is 8.64. The van der Waals surface area contributed by atoms with Crippen LogP contribution < -0.4 is 5.56 Å². The molecule has 0 aliphatic carbocycles. The van der Waals surface area contributed by atoms with Gasteiger partial charge in [-0.2, -0.15) is 9.78 Å².